The van der Waals surface area contributed by atoms with Crippen molar-refractivity contribution in [3.05, 3.63) is 15.9 Å². The van der Waals surface area contributed by atoms with E-state index < -0.39 is 30.7 Å². The molecule has 154 valence electrons. The van der Waals surface area contributed by atoms with Crippen LogP contribution in [0.15, 0.2) is 11.0 Å². The Morgan fingerprint density at radius 3 is 2.96 bits per heavy atom. The molecule has 0 amide bonds. The fourth-order valence-corrected chi connectivity index (χ4v) is 4.19. The molecule has 5 atom stereocenters. The van der Waals surface area contributed by atoms with E-state index in [-0.39, 0.29) is 23.3 Å². The van der Waals surface area contributed by atoms with Gasteiger partial charge in [-0.25, -0.2) is 9.78 Å². The van der Waals surface area contributed by atoms with E-state index in [1.807, 2.05) is 6.92 Å². The normalized spacial score (nSPS) is 24.2. The molecular weight excluding hydrogens is 388 g/mol. The summed E-state index contributed by atoms with van der Waals surface area (Å²) < 4.78 is 18.2. The smallest absolute Gasteiger partial charge is 0.435 e. The van der Waals surface area contributed by atoms with Gasteiger partial charge in [0.25, 0.3) is 0 Å². The SMILES string of the molecule is CCOC(=O)O[C@H](C)[C@@H]1C[C@@H]([C@@H](O)CC)O[C@H]1n1c(=O)sc2cnc(N)nc21. The predicted octanol–water partition coefficient (Wildman–Crippen LogP) is 1.67. The minimum atomic E-state index is -0.790. The fourth-order valence-electron chi connectivity index (χ4n) is 3.37. The van der Waals surface area contributed by atoms with Crippen LogP contribution in [0.5, 0.6) is 0 Å². The van der Waals surface area contributed by atoms with Gasteiger partial charge in [-0.05, 0) is 26.7 Å². The summed E-state index contributed by atoms with van der Waals surface area (Å²) in [7, 11) is 0. The molecule has 0 spiro atoms. The first kappa shape index (κ1) is 20.5. The van der Waals surface area contributed by atoms with Crippen molar-refractivity contribution in [2.75, 3.05) is 12.3 Å². The molecule has 1 saturated heterocycles. The van der Waals surface area contributed by atoms with Gasteiger partial charge in [-0.3, -0.25) is 9.36 Å². The second kappa shape index (κ2) is 8.41. The zero-order valence-corrected chi connectivity index (χ0v) is 16.7. The molecule has 28 heavy (non-hydrogen) atoms. The Morgan fingerprint density at radius 2 is 2.29 bits per heavy atom. The number of hydrogen-bond acceptors (Lipinski definition) is 10. The Balaban J connectivity index is 1.98. The molecule has 0 bridgehead atoms. The van der Waals surface area contributed by atoms with Crippen LogP contribution in [-0.4, -0.2) is 50.7 Å². The number of hydrogen-bond donors (Lipinski definition) is 2. The standard InChI is InChI=1S/C17H24N4O6S/c1-4-10(22)11-6-9(8(3)26-17(24)25-5-2)14(27-11)21-13-12(28-16(21)23)7-19-15(18)20-13/h7-11,14,22H,4-6H2,1-3H3,(H2,18,19,20)/t8-,9+,10+,11+,14-/m1/s1. The molecule has 0 aliphatic carbocycles. The number of nitrogens with two attached hydrogens (primary N) is 1. The predicted molar refractivity (Wildman–Crippen MR) is 102 cm³/mol. The van der Waals surface area contributed by atoms with Gasteiger partial charge in [0.2, 0.25) is 5.95 Å². The van der Waals surface area contributed by atoms with Gasteiger partial charge < -0.3 is 25.1 Å². The topological polar surface area (TPSA) is 139 Å². The van der Waals surface area contributed by atoms with E-state index in [0.29, 0.717) is 23.2 Å². The Hall–Kier alpha value is -2.24. The molecule has 11 heteroatoms. The number of carbonyl (C=O) groups excluding carboxylic acids is 1. The maximum absolute atomic E-state index is 12.7. The number of rotatable bonds is 6. The van der Waals surface area contributed by atoms with Crippen LogP contribution in [0, 0.1) is 5.92 Å². The number of fused-ring (bicyclic) bond motifs is 1. The van der Waals surface area contributed by atoms with Gasteiger partial charge in [-0.2, -0.15) is 4.98 Å². The fraction of sp³-hybridized carbons (Fsp3) is 0.647. The summed E-state index contributed by atoms with van der Waals surface area (Å²) in [5, 5.41) is 10.3. The molecule has 1 fully saturated rings. The van der Waals surface area contributed by atoms with Gasteiger partial charge in [0.15, 0.2) is 5.65 Å². The third kappa shape index (κ3) is 3.96. The first-order chi connectivity index (χ1) is 13.3. The zero-order valence-electron chi connectivity index (χ0n) is 15.9. The maximum Gasteiger partial charge on any atom is 0.508 e. The van der Waals surface area contributed by atoms with Gasteiger partial charge in [0, 0.05) is 5.92 Å². The van der Waals surface area contributed by atoms with E-state index in [1.54, 1.807) is 13.8 Å². The van der Waals surface area contributed by atoms with Gasteiger partial charge in [0.05, 0.1) is 29.7 Å². The van der Waals surface area contributed by atoms with Crippen LogP contribution in [0.4, 0.5) is 10.7 Å². The number of ether oxygens (including phenoxy) is 3. The highest BCUT2D eigenvalue weighted by molar-refractivity contribution is 7.16. The van der Waals surface area contributed by atoms with Crippen LogP contribution in [0.25, 0.3) is 10.3 Å². The lowest BCUT2D eigenvalue weighted by molar-refractivity contribution is -0.0771. The van der Waals surface area contributed by atoms with E-state index in [0.717, 1.165) is 11.3 Å². The van der Waals surface area contributed by atoms with Crippen molar-refractivity contribution < 1.29 is 24.1 Å². The minimum Gasteiger partial charge on any atom is -0.435 e. The monoisotopic (exact) mass is 412 g/mol. The van der Waals surface area contributed by atoms with Crippen molar-refractivity contribution in [1.82, 2.24) is 14.5 Å². The highest BCUT2D eigenvalue weighted by Crippen LogP contribution is 2.40. The molecule has 1 aliphatic heterocycles. The number of aromatic nitrogens is 3. The van der Waals surface area contributed by atoms with E-state index in [2.05, 4.69) is 9.97 Å². The molecule has 2 aromatic rings. The van der Waals surface area contributed by atoms with Crippen molar-refractivity contribution >= 4 is 33.8 Å². The van der Waals surface area contributed by atoms with Crippen molar-refractivity contribution in [1.29, 1.82) is 0 Å². The first-order valence-corrected chi connectivity index (χ1v) is 9.97. The number of anilines is 1. The highest BCUT2D eigenvalue weighted by Gasteiger charge is 2.44. The third-order valence-corrected chi connectivity index (χ3v) is 5.69. The number of thiazole rings is 1. The molecule has 3 N–H and O–H groups in total. The van der Waals surface area contributed by atoms with Crippen LogP contribution >= 0.6 is 11.3 Å². The molecule has 10 nitrogen and oxygen atoms in total. The molecule has 1 aliphatic rings. The maximum atomic E-state index is 12.7. The average Bonchev–Trinajstić information content (AvgIpc) is 3.21. The van der Waals surface area contributed by atoms with Gasteiger partial charge in [0.1, 0.15) is 12.3 Å². The van der Waals surface area contributed by atoms with E-state index in [4.69, 9.17) is 19.9 Å². The molecule has 3 heterocycles. The van der Waals surface area contributed by atoms with Crippen LogP contribution in [0.1, 0.15) is 39.8 Å². The summed E-state index contributed by atoms with van der Waals surface area (Å²) in [5.41, 5.74) is 6.05. The first-order valence-electron chi connectivity index (χ1n) is 9.16. The highest BCUT2D eigenvalue weighted by atomic mass is 32.1. The van der Waals surface area contributed by atoms with Crippen LogP contribution in [0.3, 0.4) is 0 Å². The van der Waals surface area contributed by atoms with Crippen molar-refractivity contribution in [3.8, 4) is 0 Å². The summed E-state index contributed by atoms with van der Waals surface area (Å²) in [4.78, 5) is 32.2. The quantitative estimate of drug-likeness (QED) is 0.678. The van der Waals surface area contributed by atoms with E-state index >= 15 is 0 Å². The summed E-state index contributed by atoms with van der Waals surface area (Å²) in [6.07, 6.45) is -0.998. The molecule has 0 aromatic carbocycles. The number of aliphatic hydroxyl groups is 1. The third-order valence-electron chi connectivity index (χ3n) is 4.81. The number of nitrogens with zero attached hydrogens (tertiary/aromatic N) is 3. The Labute approximate surface area is 165 Å². The van der Waals surface area contributed by atoms with Gasteiger partial charge in [-0.1, -0.05) is 18.3 Å². The molecule has 2 aromatic heterocycles. The molecule has 0 unspecified atom stereocenters. The molecule has 0 radical (unpaired) electrons. The summed E-state index contributed by atoms with van der Waals surface area (Å²) in [6.45, 7) is 5.43. The largest absolute Gasteiger partial charge is 0.508 e. The second-order valence-corrected chi connectivity index (χ2v) is 7.59. The lowest BCUT2D eigenvalue weighted by Crippen LogP contribution is -2.32. The summed E-state index contributed by atoms with van der Waals surface area (Å²) in [6, 6.07) is 0. The molecule has 0 saturated carbocycles. The summed E-state index contributed by atoms with van der Waals surface area (Å²) in [5.74, 6) is -0.350. The second-order valence-electron chi connectivity index (χ2n) is 6.60. The zero-order chi connectivity index (χ0) is 20.4. The van der Waals surface area contributed by atoms with Crippen LogP contribution in [0.2, 0.25) is 0 Å². The number of aliphatic hydroxyl groups excluding tert-OH is 1. The lowest BCUT2D eigenvalue weighted by Gasteiger charge is -2.24. The van der Waals surface area contributed by atoms with Crippen molar-refractivity contribution in [2.24, 2.45) is 5.92 Å². The van der Waals surface area contributed by atoms with Gasteiger partial charge in [-0.15, -0.1) is 0 Å². The lowest BCUT2D eigenvalue weighted by atomic mass is 9.95. The average molecular weight is 412 g/mol. The summed E-state index contributed by atoms with van der Waals surface area (Å²) >= 11 is 0.977. The van der Waals surface area contributed by atoms with Crippen LogP contribution in [-0.2, 0) is 14.2 Å². The van der Waals surface area contributed by atoms with Crippen molar-refractivity contribution in [2.45, 2.75) is 58.2 Å². The Kier molecular flexibility index (Phi) is 6.16. The number of carbonyl (C=O) groups is 1. The molecule has 3 rings (SSSR count). The minimum absolute atomic E-state index is 0.0366. The van der Waals surface area contributed by atoms with Crippen molar-refractivity contribution in [3.63, 3.8) is 0 Å². The van der Waals surface area contributed by atoms with E-state index in [1.165, 1.54) is 10.8 Å². The molecular formula is C17H24N4O6S. The Bertz CT molecular complexity index is 899. The van der Waals surface area contributed by atoms with Crippen LogP contribution < -0.4 is 10.6 Å². The van der Waals surface area contributed by atoms with E-state index in [9.17, 15) is 14.7 Å². The Morgan fingerprint density at radius 1 is 1.54 bits per heavy atom. The number of nitrogen functional groups attached to an aromatic ring is 1. The van der Waals surface area contributed by atoms with Gasteiger partial charge >= 0.3 is 11.0 Å².